The molecule has 0 spiro atoms. The molecule has 0 radical (unpaired) electrons. The van der Waals surface area contributed by atoms with Crippen LogP contribution in [0.15, 0.2) is 42.5 Å². The van der Waals surface area contributed by atoms with Crippen LogP contribution in [0.1, 0.15) is 82.4 Å². The van der Waals surface area contributed by atoms with Gasteiger partial charge in [0.05, 0.1) is 29.6 Å². The highest BCUT2D eigenvalue weighted by molar-refractivity contribution is 6.32. The van der Waals surface area contributed by atoms with Crippen molar-refractivity contribution >= 4 is 35.2 Å². The zero-order chi connectivity index (χ0) is 32.8. The van der Waals surface area contributed by atoms with Crippen molar-refractivity contribution in [2.75, 3.05) is 13.2 Å². The minimum absolute atomic E-state index is 0.0986. The largest absolute Gasteiger partial charge is 0.444 e. The molecule has 0 saturated carbocycles. The highest BCUT2D eigenvalue weighted by Crippen LogP contribution is 2.34. The van der Waals surface area contributed by atoms with Crippen LogP contribution in [0.5, 0.6) is 0 Å². The number of carbonyl (C=O) groups excluding carboxylic acids is 2. The van der Waals surface area contributed by atoms with Gasteiger partial charge in [0.25, 0.3) is 5.91 Å². The number of nitrogens with zero attached hydrogens (tertiary/aromatic N) is 2. The number of carbonyl (C=O) groups is 2. The molecule has 1 aliphatic rings. The van der Waals surface area contributed by atoms with Crippen molar-refractivity contribution in [1.29, 1.82) is 0 Å². The van der Waals surface area contributed by atoms with Crippen molar-refractivity contribution < 1.29 is 23.8 Å². The van der Waals surface area contributed by atoms with E-state index in [9.17, 15) is 9.59 Å². The van der Waals surface area contributed by atoms with Gasteiger partial charge in [0.15, 0.2) is 12.0 Å². The third-order valence-electron chi connectivity index (χ3n) is 6.48. The zero-order valence-electron chi connectivity index (χ0n) is 26.6. The minimum atomic E-state index is -0.596. The molecule has 0 bridgehead atoms. The van der Waals surface area contributed by atoms with Crippen LogP contribution in [0.2, 0.25) is 10.0 Å². The molecule has 1 unspecified atom stereocenters. The van der Waals surface area contributed by atoms with Crippen LogP contribution in [0.3, 0.4) is 0 Å². The van der Waals surface area contributed by atoms with E-state index in [1.165, 1.54) is 0 Å². The van der Waals surface area contributed by atoms with E-state index in [1.54, 1.807) is 55.8 Å². The predicted octanol–water partition coefficient (Wildman–Crippen LogP) is 7.29. The molecule has 0 aliphatic carbocycles. The van der Waals surface area contributed by atoms with Crippen LogP contribution in [0, 0.1) is 11.8 Å². The standard InChI is InChI=1S/C34H40Cl2N4O5/c1-33(2,3)38-31(41)29-25(21-44-28-11-7-8-19-43-28)30(23-13-15-24(35)16-14-23)40(39-29)27-17-12-22(20-26(27)36)10-9-18-37-32(42)45-34(4,5)6/h12-17,20,28H,7-8,11,18-19,21H2,1-6H3,(H,37,42)(H,38,41). The van der Waals surface area contributed by atoms with E-state index in [4.69, 9.17) is 42.5 Å². The Morgan fingerprint density at radius 1 is 1.07 bits per heavy atom. The van der Waals surface area contributed by atoms with Gasteiger partial charge in [-0.3, -0.25) is 4.79 Å². The second kappa shape index (κ2) is 14.7. The van der Waals surface area contributed by atoms with Gasteiger partial charge in [-0.15, -0.1) is 0 Å². The molecule has 1 aromatic heterocycles. The van der Waals surface area contributed by atoms with Crippen molar-refractivity contribution in [3.8, 4) is 28.8 Å². The summed E-state index contributed by atoms with van der Waals surface area (Å²) in [5, 5.41) is 11.4. The van der Waals surface area contributed by atoms with Crippen LogP contribution in [-0.2, 0) is 20.8 Å². The summed E-state index contributed by atoms with van der Waals surface area (Å²) in [6, 6.07) is 12.6. The Labute approximate surface area is 274 Å². The van der Waals surface area contributed by atoms with Crippen LogP contribution in [0.4, 0.5) is 4.79 Å². The molecule has 1 aliphatic heterocycles. The molecule has 2 heterocycles. The lowest BCUT2D eigenvalue weighted by atomic mass is 10.0. The number of hydrogen-bond acceptors (Lipinski definition) is 6. The van der Waals surface area contributed by atoms with Gasteiger partial charge in [-0.25, -0.2) is 9.48 Å². The molecule has 4 rings (SSSR count). The maximum atomic E-state index is 13.6. The maximum absolute atomic E-state index is 13.6. The van der Waals surface area contributed by atoms with Gasteiger partial charge in [-0.05, 0) is 91.1 Å². The lowest BCUT2D eigenvalue weighted by Crippen LogP contribution is -2.41. The molecule has 9 nitrogen and oxygen atoms in total. The molecular formula is C34H40Cl2N4O5. The number of halogens is 2. The van der Waals surface area contributed by atoms with E-state index in [0.29, 0.717) is 39.2 Å². The maximum Gasteiger partial charge on any atom is 0.408 e. The van der Waals surface area contributed by atoms with Gasteiger partial charge < -0.3 is 24.8 Å². The lowest BCUT2D eigenvalue weighted by Gasteiger charge is -2.23. The quantitative estimate of drug-likeness (QED) is 0.259. The number of benzene rings is 2. The number of ether oxygens (including phenoxy) is 3. The summed E-state index contributed by atoms with van der Waals surface area (Å²) in [5.74, 6) is 5.58. The lowest BCUT2D eigenvalue weighted by molar-refractivity contribution is -0.168. The monoisotopic (exact) mass is 654 g/mol. The van der Waals surface area contributed by atoms with Gasteiger partial charge in [-0.1, -0.05) is 47.2 Å². The summed E-state index contributed by atoms with van der Waals surface area (Å²) in [5.41, 5.74) is 2.33. The summed E-state index contributed by atoms with van der Waals surface area (Å²) >= 11 is 13.1. The van der Waals surface area contributed by atoms with Gasteiger partial charge in [0.1, 0.15) is 5.60 Å². The molecule has 3 aromatic rings. The van der Waals surface area contributed by atoms with E-state index < -0.39 is 17.2 Å². The topological polar surface area (TPSA) is 104 Å². The van der Waals surface area contributed by atoms with Crippen molar-refractivity contribution in [3.63, 3.8) is 0 Å². The first kappa shape index (κ1) is 34.3. The molecule has 2 amide bonds. The number of hydrogen-bond donors (Lipinski definition) is 2. The Morgan fingerprint density at radius 3 is 2.42 bits per heavy atom. The highest BCUT2D eigenvalue weighted by Gasteiger charge is 2.29. The van der Waals surface area contributed by atoms with E-state index >= 15 is 0 Å². The first-order chi connectivity index (χ1) is 21.2. The second-order valence-corrected chi connectivity index (χ2v) is 13.6. The van der Waals surface area contributed by atoms with Gasteiger partial charge >= 0.3 is 6.09 Å². The summed E-state index contributed by atoms with van der Waals surface area (Å²) in [6.45, 7) is 11.9. The predicted molar refractivity (Wildman–Crippen MR) is 176 cm³/mol. The van der Waals surface area contributed by atoms with Gasteiger partial charge in [0, 0.05) is 33.9 Å². The fraction of sp³-hybridized carbons (Fsp3) is 0.441. The van der Waals surface area contributed by atoms with Gasteiger partial charge in [-0.2, -0.15) is 5.10 Å². The Hall–Kier alpha value is -3.55. The normalized spacial score (nSPS) is 15.2. The van der Waals surface area contributed by atoms with Crippen LogP contribution in [0.25, 0.3) is 16.9 Å². The molecule has 45 heavy (non-hydrogen) atoms. The summed E-state index contributed by atoms with van der Waals surface area (Å²) in [4.78, 5) is 25.5. The molecule has 1 fully saturated rings. The number of rotatable bonds is 7. The number of aromatic nitrogens is 2. The van der Waals surface area contributed by atoms with E-state index in [2.05, 4.69) is 22.5 Å². The van der Waals surface area contributed by atoms with Crippen LogP contribution >= 0.6 is 23.2 Å². The number of alkyl carbamates (subject to hydrolysis) is 1. The summed E-state index contributed by atoms with van der Waals surface area (Å²) < 4.78 is 18.9. The van der Waals surface area contributed by atoms with Crippen molar-refractivity contribution in [1.82, 2.24) is 20.4 Å². The van der Waals surface area contributed by atoms with Crippen LogP contribution < -0.4 is 10.6 Å². The Kier molecular flexibility index (Phi) is 11.2. The smallest absolute Gasteiger partial charge is 0.408 e. The third kappa shape index (κ3) is 9.97. The number of amides is 2. The molecule has 1 saturated heterocycles. The zero-order valence-corrected chi connectivity index (χ0v) is 28.1. The Morgan fingerprint density at radius 2 is 1.80 bits per heavy atom. The van der Waals surface area contributed by atoms with Crippen LogP contribution in [-0.4, -0.2) is 52.4 Å². The van der Waals surface area contributed by atoms with E-state index in [0.717, 1.165) is 24.8 Å². The average molecular weight is 656 g/mol. The number of nitrogens with one attached hydrogen (secondary N) is 2. The van der Waals surface area contributed by atoms with Gasteiger partial charge in [0.2, 0.25) is 0 Å². The molecule has 2 N–H and O–H groups in total. The first-order valence-electron chi connectivity index (χ1n) is 14.9. The molecule has 240 valence electrons. The molecule has 2 aromatic carbocycles. The first-order valence-corrected chi connectivity index (χ1v) is 15.6. The van der Waals surface area contributed by atoms with Crippen molar-refractivity contribution in [2.45, 2.75) is 84.8 Å². The Bertz CT molecular complexity index is 1570. The fourth-order valence-corrected chi connectivity index (χ4v) is 4.99. The average Bonchev–Trinajstić information content (AvgIpc) is 3.33. The Balaban J connectivity index is 1.73. The minimum Gasteiger partial charge on any atom is -0.444 e. The summed E-state index contributed by atoms with van der Waals surface area (Å²) in [7, 11) is 0. The fourth-order valence-electron chi connectivity index (χ4n) is 4.60. The SMILES string of the molecule is CC(C)(C)NC(=O)c1nn(-c2ccc(C#CCNC(=O)OC(C)(C)C)cc2Cl)c(-c2ccc(Cl)cc2)c1COC1CCCCO1. The van der Waals surface area contributed by atoms with E-state index in [-0.39, 0.29) is 31.0 Å². The molecule has 11 heteroatoms. The molecular weight excluding hydrogens is 615 g/mol. The van der Waals surface area contributed by atoms with Crippen molar-refractivity contribution in [3.05, 3.63) is 69.3 Å². The third-order valence-corrected chi connectivity index (χ3v) is 7.04. The highest BCUT2D eigenvalue weighted by atomic mass is 35.5. The molecule has 1 atom stereocenters. The summed E-state index contributed by atoms with van der Waals surface area (Å²) in [6.07, 6.45) is 1.86. The van der Waals surface area contributed by atoms with Crippen molar-refractivity contribution in [2.24, 2.45) is 0 Å². The van der Waals surface area contributed by atoms with E-state index in [1.807, 2.05) is 32.9 Å². The second-order valence-electron chi connectivity index (χ2n) is 12.7.